The Bertz CT molecular complexity index is 210. The minimum Gasteiger partial charge on any atom is -0.373 e. The maximum absolute atomic E-state index is 5.20. The van der Waals surface area contributed by atoms with Gasteiger partial charge in [0.2, 0.25) is 0 Å². The van der Waals surface area contributed by atoms with Crippen molar-refractivity contribution in [3.8, 4) is 0 Å². The SMILES string of the molecule is CCCOCc1nnn(C)n1. The summed E-state index contributed by atoms with van der Waals surface area (Å²) in [6.45, 7) is 3.27. The van der Waals surface area contributed by atoms with Crippen LogP contribution in [0, 0.1) is 0 Å². The fourth-order valence-electron chi connectivity index (χ4n) is 0.689. The van der Waals surface area contributed by atoms with Crippen LogP contribution in [-0.2, 0) is 18.4 Å². The molecule has 1 aromatic heterocycles. The van der Waals surface area contributed by atoms with Crippen LogP contribution in [0.2, 0.25) is 0 Å². The quantitative estimate of drug-likeness (QED) is 0.582. The number of rotatable bonds is 4. The van der Waals surface area contributed by atoms with Gasteiger partial charge < -0.3 is 4.74 Å². The molecule has 0 bridgehead atoms. The molecule has 1 rings (SSSR count). The molecule has 0 aliphatic heterocycles. The van der Waals surface area contributed by atoms with Gasteiger partial charge >= 0.3 is 0 Å². The third-order valence-corrected chi connectivity index (χ3v) is 1.13. The van der Waals surface area contributed by atoms with Crippen molar-refractivity contribution in [1.29, 1.82) is 0 Å². The van der Waals surface area contributed by atoms with Gasteiger partial charge in [-0.2, -0.15) is 4.80 Å². The second kappa shape index (κ2) is 4.02. The number of hydrogen-bond acceptors (Lipinski definition) is 4. The molecule has 0 spiro atoms. The Kier molecular flexibility index (Phi) is 2.97. The van der Waals surface area contributed by atoms with E-state index in [4.69, 9.17) is 4.74 Å². The van der Waals surface area contributed by atoms with E-state index in [0.29, 0.717) is 12.4 Å². The summed E-state index contributed by atoms with van der Waals surface area (Å²) >= 11 is 0. The van der Waals surface area contributed by atoms with Gasteiger partial charge in [-0.3, -0.25) is 0 Å². The number of hydrogen-bond donors (Lipinski definition) is 0. The second-order valence-electron chi connectivity index (χ2n) is 2.25. The molecule has 0 radical (unpaired) electrons. The van der Waals surface area contributed by atoms with E-state index in [1.54, 1.807) is 7.05 Å². The lowest BCUT2D eigenvalue weighted by Gasteiger charge is -1.95. The molecule has 0 amide bonds. The zero-order valence-corrected chi connectivity index (χ0v) is 6.82. The van der Waals surface area contributed by atoms with Crippen LogP contribution in [-0.4, -0.2) is 26.8 Å². The van der Waals surface area contributed by atoms with Crippen molar-refractivity contribution in [1.82, 2.24) is 20.2 Å². The first-order valence-corrected chi connectivity index (χ1v) is 3.63. The predicted molar refractivity (Wildman–Crippen MR) is 38.7 cm³/mol. The number of aromatic nitrogens is 4. The Balaban J connectivity index is 2.27. The van der Waals surface area contributed by atoms with Crippen LogP contribution in [0.1, 0.15) is 19.2 Å². The first-order valence-electron chi connectivity index (χ1n) is 3.63. The molecule has 0 fully saturated rings. The first kappa shape index (κ1) is 8.13. The standard InChI is InChI=1S/C6H12N4O/c1-3-4-11-5-6-7-9-10(2)8-6/h3-5H2,1-2H3. The Morgan fingerprint density at radius 2 is 2.36 bits per heavy atom. The highest BCUT2D eigenvalue weighted by atomic mass is 16.5. The maximum Gasteiger partial charge on any atom is 0.200 e. The van der Waals surface area contributed by atoms with E-state index in [9.17, 15) is 0 Å². The molecule has 0 aliphatic carbocycles. The summed E-state index contributed by atoms with van der Waals surface area (Å²) in [6.07, 6.45) is 1.01. The summed E-state index contributed by atoms with van der Waals surface area (Å²) in [5.41, 5.74) is 0. The van der Waals surface area contributed by atoms with Crippen molar-refractivity contribution < 1.29 is 4.74 Å². The minimum atomic E-state index is 0.460. The lowest BCUT2D eigenvalue weighted by molar-refractivity contribution is 0.116. The summed E-state index contributed by atoms with van der Waals surface area (Å²) in [6, 6.07) is 0. The lowest BCUT2D eigenvalue weighted by atomic mass is 10.5. The topological polar surface area (TPSA) is 52.8 Å². The summed E-state index contributed by atoms with van der Waals surface area (Å²) in [5, 5.41) is 11.4. The summed E-state index contributed by atoms with van der Waals surface area (Å²) in [7, 11) is 1.73. The van der Waals surface area contributed by atoms with Gasteiger partial charge in [-0.05, 0) is 11.6 Å². The van der Waals surface area contributed by atoms with Gasteiger partial charge in [-0.1, -0.05) is 6.92 Å². The van der Waals surface area contributed by atoms with Crippen LogP contribution in [0.4, 0.5) is 0 Å². The van der Waals surface area contributed by atoms with Crippen LogP contribution in [0.15, 0.2) is 0 Å². The third kappa shape index (κ3) is 2.63. The smallest absolute Gasteiger partial charge is 0.200 e. The van der Waals surface area contributed by atoms with Gasteiger partial charge in [0, 0.05) is 6.61 Å². The van der Waals surface area contributed by atoms with Gasteiger partial charge in [0.15, 0.2) is 5.82 Å². The van der Waals surface area contributed by atoms with E-state index < -0.39 is 0 Å². The molecule has 5 heteroatoms. The summed E-state index contributed by atoms with van der Waals surface area (Å²) < 4.78 is 5.20. The molecule has 1 heterocycles. The van der Waals surface area contributed by atoms with Gasteiger partial charge in [0.1, 0.15) is 6.61 Å². The molecule has 1 aromatic rings. The molecule has 0 N–H and O–H groups in total. The molecule has 0 unspecified atom stereocenters. The molecule has 5 nitrogen and oxygen atoms in total. The fraction of sp³-hybridized carbons (Fsp3) is 0.833. The molecule has 0 atom stereocenters. The highest BCUT2D eigenvalue weighted by Crippen LogP contribution is 1.90. The normalized spacial score (nSPS) is 10.4. The molecule has 0 aliphatic rings. The van der Waals surface area contributed by atoms with E-state index in [2.05, 4.69) is 22.3 Å². The minimum absolute atomic E-state index is 0.460. The van der Waals surface area contributed by atoms with Crippen molar-refractivity contribution in [2.75, 3.05) is 6.61 Å². The highest BCUT2D eigenvalue weighted by molar-refractivity contribution is 4.70. The molecule has 0 aromatic carbocycles. The van der Waals surface area contributed by atoms with Crippen LogP contribution < -0.4 is 0 Å². The van der Waals surface area contributed by atoms with Gasteiger partial charge in [-0.25, -0.2) is 0 Å². The molecule has 62 valence electrons. The van der Waals surface area contributed by atoms with Crippen molar-refractivity contribution in [3.05, 3.63) is 5.82 Å². The first-order chi connectivity index (χ1) is 5.33. The van der Waals surface area contributed by atoms with Crippen molar-refractivity contribution >= 4 is 0 Å². The van der Waals surface area contributed by atoms with Crippen LogP contribution >= 0.6 is 0 Å². The van der Waals surface area contributed by atoms with E-state index in [1.807, 2.05) is 0 Å². The fourth-order valence-corrected chi connectivity index (χ4v) is 0.689. The Labute approximate surface area is 65.4 Å². The van der Waals surface area contributed by atoms with Gasteiger partial charge in [-0.15, -0.1) is 10.2 Å². The molecular formula is C6H12N4O. The van der Waals surface area contributed by atoms with E-state index in [-0.39, 0.29) is 0 Å². The predicted octanol–water partition coefficient (Wildman–Crippen LogP) is 0.137. The molecule has 0 saturated carbocycles. The van der Waals surface area contributed by atoms with E-state index >= 15 is 0 Å². The average molecular weight is 156 g/mol. The Hall–Kier alpha value is -0.970. The van der Waals surface area contributed by atoms with Gasteiger partial charge in [0.05, 0.1) is 7.05 Å². The molecular weight excluding hydrogens is 144 g/mol. The lowest BCUT2D eigenvalue weighted by Crippen LogP contribution is -1.97. The molecule has 11 heavy (non-hydrogen) atoms. The highest BCUT2D eigenvalue weighted by Gasteiger charge is 1.97. The Morgan fingerprint density at radius 1 is 1.55 bits per heavy atom. The molecule has 0 saturated heterocycles. The number of nitrogens with zero attached hydrogens (tertiary/aromatic N) is 4. The summed E-state index contributed by atoms with van der Waals surface area (Å²) in [5.74, 6) is 0.640. The number of aryl methyl sites for hydroxylation is 1. The number of ether oxygens (including phenoxy) is 1. The Morgan fingerprint density at radius 3 is 2.91 bits per heavy atom. The van der Waals surface area contributed by atoms with E-state index in [1.165, 1.54) is 4.80 Å². The average Bonchev–Trinajstić information content (AvgIpc) is 2.37. The van der Waals surface area contributed by atoms with Crippen molar-refractivity contribution in [3.63, 3.8) is 0 Å². The monoisotopic (exact) mass is 156 g/mol. The maximum atomic E-state index is 5.20. The van der Waals surface area contributed by atoms with E-state index in [0.717, 1.165) is 13.0 Å². The van der Waals surface area contributed by atoms with Crippen LogP contribution in [0.25, 0.3) is 0 Å². The number of tetrazole rings is 1. The largest absolute Gasteiger partial charge is 0.373 e. The van der Waals surface area contributed by atoms with Crippen LogP contribution in [0.5, 0.6) is 0 Å². The second-order valence-corrected chi connectivity index (χ2v) is 2.25. The zero-order chi connectivity index (χ0) is 8.10. The van der Waals surface area contributed by atoms with Crippen LogP contribution in [0.3, 0.4) is 0 Å². The van der Waals surface area contributed by atoms with Gasteiger partial charge in [0.25, 0.3) is 0 Å². The third-order valence-electron chi connectivity index (χ3n) is 1.13. The zero-order valence-electron chi connectivity index (χ0n) is 6.82. The summed E-state index contributed by atoms with van der Waals surface area (Å²) in [4.78, 5) is 1.42. The van der Waals surface area contributed by atoms with Crippen molar-refractivity contribution in [2.45, 2.75) is 20.0 Å². The van der Waals surface area contributed by atoms with Crippen molar-refractivity contribution in [2.24, 2.45) is 7.05 Å².